The maximum absolute atomic E-state index is 13.5. The fraction of sp³-hybridized carbons (Fsp3) is 0.364. The third kappa shape index (κ3) is 4.83. The fourth-order valence-electron chi connectivity index (χ4n) is 3.73. The first kappa shape index (κ1) is 23.5. The molecule has 0 aromatic heterocycles. The van der Waals surface area contributed by atoms with Crippen LogP contribution in [-0.4, -0.2) is 69.0 Å². The third-order valence-corrected chi connectivity index (χ3v) is 5.21. The SMILES string of the molecule is NCCNCCNc1ccc(NCCNCCN)c2c1C(=O)c1c(N)ccc(O)c1C2=O. The lowest BCUT2D eigenvalue weighted by Gasteiger charge is -2.25. The molecule has 3 rings (SSSR count). The van der Waals surface area contributed by atoms with Crippen molar-refractivity contribution in [3.05, 3.63) is 46.5 Å². The largest absolute Gasteiger partial charge is 0.507 e. The normalized spacial score (nSPS) is 12.4. The van der Waals surface area contributed by atoms with E-state index in [1.165, 1.54) is 12.1 Å². The molecule has 32 heavy (non-hydrogen) atoms. The van der Waals surface area contributed by atoms with Gasteiger partial charge in [-0.3, -0.25) is 9.59 Å². The van der Waals surface area contributed by atoms with Crippen LogP contribution in [0.2, 0.25) is 0 Å². The zero-order chi connectivity index (χ0) is 23.1. The minimum absolute atomic E-state index is 0.0357. The molecular weight excluding hydrogens is 410 g/mol. The minimum Gasteiger partial charge on any atom is -0.507 e. The predicted molar refractivity (Wildman–Crippen MR) is 127 cm³/mol. The molecule has 0 heterocycles. The third-order valence-electron chi connectivity index (χ3n) is 5.21. The summed E-state index contributed by atoms with van der Waals surface area (Å²) in [5.74, 6) is -1.11. The highest BCUT2D eigenvalue weighted by atomic mass is 16.3. The molecule has 2 aromatic rings. The molecule has 10 nitrogen and oxygen atoms in total. The van der Waals surface area contributed by atoms with Crippen LogP contribution in [0.15, 0.2) is 24.3 Å². The van der Waals surface area contributed by atoms with Crippen molar-refractivity contribution in [1.82, 2.24) is 10.6 Å². The highest BCUT2D eigenvalue weighted by molar-refractivity contribution is 6.34. The molecule has 0 saturated carbocycles. The lowest BCUT2D eigenvalue weighted by molar-refractivity contribution is 0.0978. The maximum Gasteiger partial charge on any atom is 0.200 e. The summed E-state index contributed by atoms with van der Waals surface area (Å²) in [7, 11) is 0. The minimum atomic E-state index is -0.443. The first-order valence-electron chi connectivity index (χ1n) is 10.7. The van der Waals surface area contributed by atoms with Crippen LogP contribution < -0.4 is 38.5 Å². The van der Waals surface area contributed by atoms with Gasteiger partial charge in [-0.15, -0.1) is 0 Å². The van der Waals surface area contributed by atoms with Gasteiger partial charge in [0.15, 0.2) is 11.6 Å². The van der Waals surface area contributed by atoms with Crippen molar-refractivity contribution >= 4 is 28.6 Å². The monoisotopic (exact) mass is 441 g/mol. The average molecular weight is 442 g/mol. The topological polar surface area (TPSA) is 181 Å². The van der Waals surface area contributed by atoms with E-state index >= 15 is 0 Å². The number of benzene rings is 2. The molecule has 0 radical (unpaired) electrons. The Morgan fingerprint density at radius 1 is 0.656 bits per heavy atom. The summed E-state index contributed by atoms with van der Waals surface area (Å²) >= 11 is 0. The van der Waals surface area contributed by atoms with Crippen LogP contribution >= 0.6 is 0 Å². The van der Waals surface area contributed by atoms with Crippen molar-refractivity contribution in [2.24, 2.45) is 11.5 Å². The Kier molecular flexibility index (Phi) is 8.01. The van der Waals surface area contributed by atoms with Crippen molar-refractivity contribution in [2.75, 3.05) is 68.7 Å². The zero-order valence-electron chi connectivity index (χ0n) is 18.0. The Bertz CT molecular complexity index is 916. The van der Waals surface area contributed by atoms with Crippen molar-refractivity contribution in [3.63, 3.8) is 0 Å². The van der Waals surface area contributed by atoms with E-state index in [4.69, 9.17) is 17.2 Å². The lowest BCUT2D eigenvalue weighted by Crippen LogP contribution is -2.30. The molecule has 2 aromatic carbocycles. The zero-order valence-corrected chi connectivity index (χ0v) is 18.0. The van der Waals surface area contributed by atoms with Gasteiger partial charge in [0.1, 0.15) is 5.75 Å². The number of fused-ring (bicyclic) bond motifs is 2. The smallest absolute Gasteiger partial charge is 0.200 e. The number of aromatic hydroxyl groups is 1. The Morgan fingerprint density at radius 3 is 1.66 bits per heavy atom. The highest BCUT2D eigenvalue weighted by Gasteiger charge is 2.37. The Hall–Kier alpha value is -3.18. The second-order valence-electron chi connectivity index (χ2n) is 7.42. The molecule has 0 amide bonds. The van der Waals surface area contributed by atoms with E-state index in [1.54, 1.807) is 12.1 Å². The summed E-state index contributed by atoms with van der Waals surface area (Å²) in [6, 6.07) is 6.29. The first-order chi connectivity index (χ1) is 15.5. The standard InChI is InChI=1S/C22H31N7O3/c23-5-7-26-9-11-28-14-2-3-15(29-12-10-27-8-6-24)19-18(14)21(31)17-13(25)1-4-16(30)20(17)22(19)32/h1-4,26-30H,5-12,23-25H2. The number of ketones is 2. The Labute approximate surface area is 186 Å². The van der Waals surface area contributed by atoms with Gasteiger partial charge in [-0.2, -0.15) is 0 Å². The van der Waals surface area contributed by atoms with E-state index in [1.807, 2.05) is 0 Å². The van der Waals surface area contributed by atoms with E-state index < -0.39 is 11.6 Å². The van der Waals surface area contributed by atoms with Gasteiger partial charge in [0.05, 0.1) is 22.3 Å². The van der Waals surface area contributed by atoms with Crippen LogP contribution in [0.5, 0.6) is 5.75 Å². The molecule has 0 fully saturated rings. The molecule has 11 N–H and O–H groups in total. The van der Waals surface area contributed by atoms with Crippen molar-refractivity contribution < 1.29 is 14.7 Å². The van der Waals surface area contributed by atoms with Gasteiger partial charge in [0.2, 0.25) is 0 Å². The molecule has 0 saturated heterocycles. The van der Waals surface area contributed by atoms with Crippen LogP contribution in [0.4, 0.5) is 17.1 Å². The van der Waals surface area contributed by atoms with E-state index in [0.29, 0.717) is 63.7 Å². The average Bonchev–Trinajstić information content (AvgIpc) is 2.78. The number of nitrogens with one attached hydrogen (secondary N) is 4. The fourth-order valence-corrected chi connectivity index (χ4v) is 3.73. The van der Waals surface area contributed by atoms with E-state index in [-0.39, 0.29) is 33.7 Å². The number of nitrogen functional groups attached to an aromatic ring is 1. The van der Waals surface area contributed by atoms with E-state index in [2.05, 4.69) is 21.3 Å². The van der Waals surface area contributed by atoms with E-state index in [9.17, 15) is 14.7 Å². The summed E-state index contributed by atoms with van der Waals surface area (Å²) in [5, 5.41) is 23.1. The second kappa shape index (κ2) is 10.9. The summed E-state index contributed by atoms with van der Waals surface area (Å²) in [4.78, 5) is 26.9. The predicted octanol–water partition coefficient (Wildman–Crippen LogP) is -0.330. The van der Waals surface area contributed by atoms with Gasteiger partial charge in [0.25, 0.3) is 0 Å². The van der Waals surface area contributed by atoms with Crippen LogP contribution in [0.25, 0.3) is 0 Å². The maximum atomic E-state index is 13.5. The quantitative estimate of drug-likeness (QED) is 0.105. The summed E-state index contributed by atoms with van der Waals surface area (Å²) in [5.41, 5.74) is 18.7. The van der Waals surface area contributed by atoms with Gasteiger partial charge in [-0.05, 0) is 24.3 Å². The van der Waals surface area contributed by atoms with Crippen LogP contribution in [-0.2, 0) is 0 Å². The van der Waals surface area contributed by atoms with Crippen LogP contribution in [0, 0.1) is 0 Å². The number of carbonyl (C=O) groups is 2. The van der Waals surface area contributed by atoms with Gasteiger partial charge in [-0.1, -0.05) is 0 Å². The molecule has 172 valence electrons. The number of phenolic OH excluding ortho intramolecular Hbond substituents is 1. The summed E-state index contributed by atoms with van der Waals surface area (Å²) < 4.78 is 0. The number of hydrogen-bond donors (Lipinski definition) is 8. The van der Waals surface area contributed by atoms with Crippen molar-refractivity contribution in [2.45, 2.75) is 0 Å². The van der Waals surface area contributed by atoms with Crippen LogP contribution in [0.3, 0.4) is 0 Å². The first-order valence-corrected chi connectivity index (χ1v) is 10.7. The molecule has 1 aliphatic rings. The van der Waals surface area contributed by atoms with Gasteiger partial charge in [0, 0.05) is 69.4 Å². The summed E-state index contributed by atoms with van der Waals surface area (Å²) in [6.45, 7) is 4.75. The molecule has 0 atom stereocenters. The number of nitrogens with two attached hydrogens (primary N) is 3. The molecule has 10 heteroatoms. The van der Waals surface area contributed by atoms with Crippen LogP contribution in [0.1, 0.15) is 31.8 Å². The Balaban J connectivity index is 1.97. The molecular formula is C22H31N7O3. The number of rotatable bonds is 12. The number of carbonyl (C=O) groups excluding carboxylic acids is 2. The number of anilines is 3. The van der Waals surface area contributed by atoms with Gasteiger partial charge >= 0.3 is 0 Å². The Morgan fingerprint density at radius 2 is 1.16 bits per heavy atom. The van der Waals surface area contributed by atoms with Crippen molar-refractivity contribution in [1.29, 1.82) is 0 Å². The van der Waals surface area contributed by atoms with Crippen molar-refractivity contribution in [3.8, 4) is 5.75 Å². The van der Waals surface area contributed by atoms with Gasteiger partial charge < -0.3 is 43.6 Å². The highest BCUT2D eigenvalue weighted by Crippen LogP contribution is 2.41. The van der Waals surface area contributed by atoms with E-state index in [0.717, 1.165) is 0 Å². The number of hydrogen-bond acceptors (Lipinski definition) is 10. The molecule has 0 spiro atoms. The molecule has 0 unspecified atom stereocenters. The second-order valence-corrected chi connectivity index (χ2v) is 7.42. The van der Waals surface area contributed by atoms with Gasteiger partial charge in [-0.25, -0.2) is 0 Å². The molecule has 0 aliphatic heterocycles. The molecule has 0 bridgehead atoms. The lowest BCUT2D eigenvalue weighted by atomic mass is 9.81. The summed E-state index contributed by atoms with van der Waals surface area (Å²) in [6.07, 6.45) is 0. The molecule has 1 aliphatic carbocycles. The number of phenols is 1.